The first-order chi connectivity index (χ1) is 13.8. The van der Waals surface area contributed by atoms with Crippen LogP contribution in [0.25, 0.3) is 11.3 Å². The number of fused-ring (bicyclic) bond motifs is 1. The molecule has 0 bridgehead atoms. The molecule has 2 N–H and O–H groups in total. The third-order valence-corrected chi connectivity index (χ3v) is 6.82. The number of furan rings is 1. The molecule has 2 aromatic heterocycles. The molecule has 1 aromatic carbocycles. The number of nitrogens with zero attached hydrogens (tertiary/aromatic N) is 1. The quantitative estimate of drug-likeness (QED) is 0.669. The lowest BCUT2D eigenvalue weighted by atomic mass is 9.90. The predicted octanol–water partition coefficient (Wildman–Crippen LogP) is 3.00. The van der Waals surface area contributed by atoms with E-state index >= 15 is 0 Å². The topological polar surface area (TPSA) is 105 Å². The predicted molar refractivity (Wildman–Crippen MR) is 109 cm³/mol. The third-order valence-electron chi connectivity index (χ3n) is 5.28. The summed E-state index contributed by atoms with van der Waals surface area (Å²) in [6, 6.07) is 8.78. The molecule has 2 heterocycles. The Morgan fingerprint density at radius 3 is 2.59 bits per heavy atom. The number of hydrogen-bond donors (Lipinski definition) is 2. The van der Waals surface area contributed by atoms with Crippen LogP contribution in [0, 0.1) is 13.8 Å². The van der Waals surface area contributed by atoms with Crippen molar-refractivity contribution in [3.63, 3.8) is 0 Å². The van der Waals surface area contributed by atoms with Crippen LogP contribution in [-0.2, 0) is 29.4 Å². The Morgan fingerprint density at radius 2 is 1.86 bits per heavy atom. The van der Waals surface area contributed by atoms with E-state index in [-0.39, 0.29) is 17.0 Å². The van der Waals surface area contributed by atoms with Gasteiger partial charge in [-0.2, -0.15) is 5.10 Å². The lowest BCUT2D eigenvalue weighted by Crippen LogP contribution is -2.24. The zero-order chi connectivity index (χ0) is 20.6. The molecule has 29 heavy (non-hydrogen) atoms. The van der Waals surface area contributed by atoms with Crippen molar-refractivity contribution in [2.24, 2.45) is 0 Å². The van der Waals surface area contributed by atoms with Gasteiger partial charge < -0.3 is 4.42 Å². The number of hydrogen-bond acceptors (Lipinski definition) is 5. The number of H-pyrrole nitrogens is 1. The maximum atomic E-state index is 12.9. The summed E-state index contributed by atoms with van der Waals surface area (Å²) in [5.74, 6) is 1.28. The summed E-state index contributed by atoms with van der Waals surface area (Å²) in [6.07, 6.45) is 3.46. The number of aromatic nitrogens is 2. The third kappa shape index (κ3) is 3.90. The van der Waals surface area contributed by atoms with Crippen molar-refractivity contribution in [2.75, 3.05) is 0 Å². The Bertz CT molecular complexity index is 1220. The first kappa shape index (κ1) is 19.6. The molecule has 7 nitrogen and oxygen atoms in total. The second-order valence-corrected chi connectivity index (χ2v) is 9.12. The van der Waals surface area contributed by atoms with Crippen LogP contribution in [0.5, 0.6) is 0 Å². The summed E-state index contributed by atoms with van der Waals surface area (Å²) in [5.41, 5.74) is 3.49. The van der Waals surface area contributed by atoms with Gasteiger partial charge >= 0.3 is 0 Å². The molecule has 1 aliphatic carbocycles. The molecule has 8 heteroatoms. The molecule has 0 amide bonds. The Labute approximate surface area is 169 Å². The largest absolute Gasteiger partial charge is 0.465 e. The molecule has 0 unspecified atom stereocenters. The number of benzene rings is 1. The van der Waals surface area contributed by atoms with Crippen molar-refractivity contribution in [1.29, 1.82) is 0 Å². The average Bonchev–Trinajstić information content (AvgIpc) is 3.13. The summed E-state index contributed by atoms with van der Waals surface area (Å²) in [7, 11) is -3.75. The maximum absolute atomic E-state index is 12.9. The van der Waals surface area contributed by atoms with Gasteiger partial charge in [0.15, 0.2) is 0 Å². The highest BCUT2D eigenvalue weighted by molar-refractivity contribution is 7.89. The Kier molecular flexibility index (Phi) is 5.14. The molecule has 3 aromatic rings. The van der Waals surface area contributed by atoms with Crippen LogP contribution in [-0.4, -0.2) is 18.6 Å². The molecule has 152 valence electrons. The summed E-state index contributed by atoms with van der Waals surface area (Å²) >= 11 is 0. The monoisotopic (exact) mass is 413 g/mol. The molecular weight excluding hydrogens is 390 g/mol. The lowest BCUT2D eigenvalue weighted by molar-refractivity contribution is 0.475. The van der Waals surface area contributed by atoms with Crippen molar-refractivity contribution in [3.8, 4) is 11.3 Å². The van der Waals surface area contributed by atoms with Gasteiger partial charge in [0.05, 0.1) is 17.1 Å². The average molecular weight is 413 g/mol. The minimum atomic E-state index is -3.75. The van der Waals surface area contributed by atoms with Crippen molar-refractivity contribution >= 4 is 10.0 Å². The van der Waals surface area contributed by atoms with Gasteiger partial charge in [-0.1, -0.05) is 12.1 Å². The highest BCUT2D eigenvalue weighted by Crippen LogP contribution is 2.30. The van der Waals surface area contributed by atoms with Gasteiger partial charge in [0.1, 0.15) is 11.5 Å². The molecule has 4 rings (SSSR count). The van der Waals surface area contributed by atoms with E-state index in [1.165, 1.54) is 0 Å². The SMILES string of the molecule is Cc1ccc(CNS(=O)(=O)c2cc(-c3n[nH]c(=O)c4c3CCCC4)ccc2C)o1. The van der Waals surface area contributed by atoms with E-state index in [1.807, 2.05) is 13.0 Å². The summed E-state index contributed by atoms with van der Waals surface area (Å²) in [4.78, 5) is 12.3. The molecule has 0 saturated heterocycles. The van der Waals surface area contributed by atoms with Crippen LogP contribution in [0.1, 0.15) is 41.1 Å². The molecule has 0 radical (unpaired) electrons. The van der Waals surface area contributed by atoms with E-state index in [0.717, 1.165) is 42.6 Å². The fourth-order valence-corrected chi connectivity index (χ4v) is 5.02. The normalized spacial score (nSPS) is 14.0. The van der Waals surface area contributed by atoms with Gasteiger partial charge in [-0.3, -0.25) is 4.79 Å². The highest BCUT2D eigenvalue weighted by Gasteiger charge is 2.22. The fraction of sp³-hybridized carbons (Fsp3) is 0.333. The van der Waals surface area contributed by atoms with Gasteiger partial charge in [-0.15, -0.1) is 0 Å². The number of rotatable bonds is 5. The first-order valence-corrected chi connectivity index (χ1v) is 11.1. The molecule has 0 fully saturated rings. The van der Waals surface area contributed by atoms with Crippen LogP contribution < -0.4 is 10.3 Å². The van der Waals surface area contributed by atoms with Gasteiger partial charge in [0, 0.05) is 11.1 Å². The van der Waals surface area contributed by atoms with Crippen LogP contribution >= 0.6 is 0 Å². The van der Waals surface area contributed by atoms with Crippen LogP contribution in [0.4, 0.5) is 0 Å². The molecule has 1 aliphatic rings. The van der Waals surface area contributed by atoms with E-state index in [2.05, 4.69) is 14.9 Å². The Balaban J connectivity index is 1.70. The zero-order valence-electron chi connectivity index (χ0n) is 16.4. The summed E-state index contributed by atoms with van der Waals surface area (Å²) < 4.78 is 33.9. The fourth-order valence-electron chi connectivity index (χ4n) is 3.76. The van der Waals surface area contributed by atoms with E-state index in [0.29, 0.717) is 22.6 Å². The second-order valence-electron chi connectivity index (χ2n) is 7.38. The van der Waals surface area contributed by atoms with Crippen molar-refractivity contribution in [2.45, 2.75) is 51.0 Å². The van der Waals surface area contributed by atoms with Crippen molar-refractivity contribution < 1.29 is 12.8 Å². The minimum Gasteiger partial charge on any atom is -0.465 e. The molecule has 0 aliphatic heterocycles. The number of aryl methyl sites for hydroxylation is 2. The lowest BCUT2D eigenvalue weighted by Gasteiger charge is -2.18. The zero-order valence-corrected chi connectivity index (χ0v) is 17.2. The summed E-state index contributed by atoms with van der Waals surface area (Å²) in [5, 5.41) is 6.81. The highest BCUT2D eigenvalue weighted by atomic mass is 32.2. The Morgan fingerprint density at radius 1 is 1.10 bits per heavy atom. The molecule has 0 saturated carbocycles. The smallest absolute Gasteiger partial charge is 0.267 e. The summed E-state index contributed by atoms with van der Waals surface area (Å²) in [6.45, 7) is 3.64. The van der Waals surface area contributed by atoms with Gasteiger partial charge in [-0.05, 0) is 68.9 Å². The van der Waals surface area contributed by atoms with Gasteiger partial charge in [0.2, 0.25) is 10.0 Å². The van der Waals surface area contributed by atoms with Crippen molar-refractivity contribution in [1.82, 2.24) is 14.9 Å². The second kappa shape index (κ2) is 7.61. The van der Waals surface area contributed by atoms with Gasteiger partial charge in [0.25, 0.3) is 5.56 Å². The maximum Gasteiger partial charge on any atom is 0.267 e. The molecular formula is C21H23N3O4S. The Hall–Kier alpha value is -2.71. The molecule has 0 atom stereocenters. The van der Waals surface area contributed by atoms with Crippen LogP contribution in [0.2, 0.25) is 0 Å². The van der Waals surface area contributed by atoms with E-state index in [4.69, 9.17) is 4.42 Å². The van der Waals surface area contributed by atoms with Crippen molar-refractivity contribution in [3.05, 3.63) is 68.9 Å². The number of aromatic amines is 1. The number of nitrogens with one attached hydrogen (secondary N) is 2. The minimum absolute atomic E-state index is 0.0755. The van der Waals surface area contributed by atoms with E-state index in [9.17, 15) is 13.2 Å². The van der Waals surface area contributed by atoms with E-state index < -0.39 is 10.0 Å². The van der Waals surface area contributed by atoms with Crippen LogP contribution in [0.3, 0.4) is 0 Å². The standard InChI is InChI=1S/C21H23N3O4S/c1-13-7-9-15(20-17-5-3-4-6-18(17)21(25)24-23-20)11-19(13)29(26,27)22-12-16-10-8-14(2)28-16/h7-11,22H,3-6,12H2,1-2H3,(H,24,25). The molecule has 0 spiro atoms. The number of sulfonamides is 1. The first-order valence-electron chi connectivity index (χ1n) is 9.61. The van der Waals surface area contributed by atoms with Gasteiger partial charge in [-0.25, -0.2) is 18.2 Å². The van der Waals surface area contributed by atoms with Crippen LogP contribution in [0.15, 0.2) is 44.4 Å². The van der Waals surface area contributed by atoms with E-state index in [1.54, 1.807) is 31.2 Å².